The van der Waals surface area contributed by atoms with Crippen LogP contribution in [0.5, 0.6) is 0 Å². The summed E-state index contributed by atoms with van der Waals surface area (Å²) in [6.07, 6.45) is 45.0. The summed E-state index contributed by atoms with van der Waals surface area (Å²) in [6, 6.07) is 0. The monoisotopic (exact) mass is 705 g/mol. The first-order valence-electron chi connectivity index (χ1n) is 21.7. The highest BCUT2D eigenvalue weighted by Crippen LogP contribution is 2.15. The van der Waals surface area contributed by atoms with Crippen molar-refractivity contribution in [2.45, 2.75) is 219 Å². The number of rotatable bonds is 38. The first-order valence-corrected chi connectivity index (χ1v) is 21.7. The summed E-state index contributed by atoms with van der Waals surface area (Å²) in [7, 11) is 6.59. The van der Waals surface area contributed by atoms with Gasteiger partial charge in [0.2, 0.25) is 0 Å². The molecule has 0 heterocycles. The Hall–Kier alpha value is -1.62. The number of ether oxygens (including phenoxy) is 2. The summed E-state index contributed by atoms with van der Waals surface area (Å²) in [5.74, 6) is -0.306. The molecular formula is C45H86NO4+. The molecular weight excluding hydrogens is 618 g/mol. The first kappa shape index (κ1) is 48.4. The van der Waals surface area contributed by atoms with Gasteiger partial charge in [-0.25, -0.2) is 0 Å². The minimum atomic E-state index is -0.337. The summed E-state index contributed by atoms with van der Waals surface area (Å²) >= 11 is 0. The number of hydrogen-bond acceptors (Lipinski definition) is 4. The molecule has 0 amide bonds. The standard InChI is InChI=1S/C45H86NO4/c1-6-8-10-12-14-16-18-20-22-24-26-28-30-32-34-39-44(47)49-42-43(38-36-37-41-46(3,4)5)50-45(48)40-35-33-31-29-27-25-23-21-19-17-15-13-11-9-7-2/h20-23,43H,6-19,24-42H2,1-5H3/q+1/b22-20-,23-21-. The van der Waals surface area contributed by atoms with Gasteiger partial charge in [-0.1, -0.05) is 141 Å². The molecule has 5 nitrogen and oxygen atoms in total. The molecule has 0 aromatic heterocycles. The number of quaternary nitrogens is 1. The molecule has 50 heavy (non-hydrogen) atoms. The van der Waals surface area contributed by atoms with E-state index in [-0.39, 0.29) is 24.6 Å². The van der Waals surface area contributed by atoms with Gasteiger partial charge in [0.25, 0.3) is 0 Å². The number of nitrogens with zero attached hydrogens (tertiary/aromatic N) is 1. The van der Waals surface area contributed by atoms with Crippen LogP contribution in [-0.4, -0.2) is 56.8 Å². The molecule has 0 saturated carbocycles. The first-order chi connectivity index (χ1) is 24.3. The van der Waals surface area contributed by atoms with Crippen molar-refractivity contribution >= 4 is 11.9 Å². The third-order valence-corrected chi connectivity index (χ3v) is 9.62. The Bertz CT molecular complexity index is 799. The Morgan fingerprint density at radius 3 is 1.28 bits per heavy atom. The van der Waals surface area contributed by atoms with Gasteiger partial charge in [-0.3, -0.25) is 9.59 Å². The lowest BCUT2D eigenvalue weighted by atomic mass is 10.1. The molecule has 0 radical (unpaired) electrons. The van der Waals surface area contributed by atoms with E-state index in [0.717, 1.165) is 56.0 Å². The highest BCUT2D eigenvalue weighted by molar-refractivity contribution is 5.70. The fraction of sp³-hybridized carbons (Fsp3) is 0.867. The van der Waals surface area contributed by atoms with Crippen LogP contribution in [0.3, 0.4) is 0 Å². The molecule has 0 aliphatic heterocycles. The molecule has 0 aliphatic carbocycles. The van der Waals surface area contributed by atoms with Crippen molar-refractivity contribution in [1.29, 1.82) is 0 Å². The maximum absolute atomic E-state index is 12.7. The highest BCUT2D eigenvalue weighted by atomic mass is 16.6. The molecule has 5 heteroatoms. The second-order valence-corrected chi connectivity index (χ2v) is 16.0. The normalized spacial score (nSPS) is 12.7. The maximum Gasteiger partial charge on any atom is 0.306 e. The summed E-state index contributed by atoms with van der Waals surface area (Å²) in [6.45, 7) is 5.80. The van der Waals surface area contributed by atoms with Gasteiger partial charge in [0.1, 0.15) is 12.7 Å². The van der Waals surface area contributed by atoms with E-state index in [1.54, 1.807) is 0 Å². The SMILES string of the molecule is CCCCCCCC/C=C\CCCCCCCC(=O)OCC(CCCC[N+](C)(C)C)OC(=O)CCCCCCC/C=C\CCCCCCCC. The van der Waals surface area contributed by atoms with E-state index in [4.69, 9.17) is 9.47 Å². The fourth-order valence-corrected chi connectivity index (χ4v) is 6.32. The molecule has 294 valence electrons. The quantitative estimate of drug-likeness (QED) is 0.0278. The zero-order valence-corrected chi connectivity index (χ0v) is 34.3. The average molecular weight is 705 g/mol. The lowest BCUT2D eigenvalue weighted by molar-refractivity contribution is -0.870. The second kappa shape index (κ2) is 37.1. The molecule has 0 spiro atoms. The molecule has 0 aliphatic rings. The van der Waals surface area contributed by atoms with Crippen LogP contribution in [0.2, 0.25) is 0 Å². The second-order valence-electron chi connectivity index (χ2n) is 16.0. The molecule has 0 aromatic rings. The molecule has 0 rings (SSSR count). The molecule has 1 atom stereocenters. The molecule has 0 fully saturated rings. The van der Waals surface area contributed by atoms with Crippen LogP contribution < -0.4 is 0 Å². The van der Waals surface area contributed by atoms with E-state index < -0.39 is 0 Å². The van der Waals surface area contributed by atoms with Crippen molar-refractivity contribution in [2.75, 3.05) is 34.3 Å². The Balaban J connectivity index is 4.07. The highest BCUT2D eigenvalue weighted by Gasteiger charge is 2.18. The van der Waals surface area contributed by atoms with Gasteiger partial charge >= 0.3 is 11.9 Å². The third kappa shape index (κ3) is 39.2. The molecule has 0 aromatic carbocycles. The van der Waals surface area contributed by atoms with Crippen LogP contribution in [0.4, 0.5) is 0 Å². The van der Waals surface area contributed by atoms with Crippen molar-refractivity contribution in [3.05, 3.63) is 24.3 Å². The van der Waals surface area contributed by atoms with Gasteiger partial charge in [0.15, 0.2) is 0 Å². The van der Waals surface area contributed by atoms with Gasteiger partial charge in [-0.15, -0.1) is 0 Å². The van der Waals surface area contributed by atoms with E-state index in [9.17, 15) is 9.59 Å². The van der Waals surface area contributed by atoms with E-state index in [1.165, 1.54) is 141 Å². The molecule has 1 unspecified atom stereocenters. The van der Waals surface area contributed by atoms with Crippen molar-refractivity contribution < 1.29 is 23.5 Å². The minimum absolute atomic E-state index is 0.146. The molecule has 0 saturated heterocycles. The average Bonchev–Trinajstić information content (AvgIpc) is 3.08. The van der Waals surface area contributed by atoms with Crippen molar-refractivity contribution in [1.82, 2.24) is 0 Å². The van der Waals surface area contributed by atoms with Gasteiger partial charge < -0.3 is 14.0 Å². The third-order valence-electron chi connectivity index (χ3n) is 9.62. The van der Waals surface area contributed by atoms with Gasteiger partial charge in [0, 0.05) is 12.8 Å². The molecule has 0 bridgehead atoms. The lowest BCUT2D eigenvalue weighted by Gasteiger charge is -2.24. The maximum atomic E-state index is 12.7. The largest absolute Gasteiger partial charge is 0.462 e. The van der Waals surface area contributed by atoms with E-state index >= 15 is 0 Å². The number of carbonyl (C=O) groups excluding carboxylic acids is 2. The van der Waals surface area contributed by atoms with Crippen molar-refractivity contribution in [3.63, 3.8) is 0 Å². The van der Waals surface area contributed by atoms with Gasteiger partial charge in [-0.2, -0.15) is 0 Å². The van der Waals surface area contributed by atoms with Crippen LogP contribution in [-0.2, 0) is 19.1 Å². The van der Waals surface area contributed by atoms with Crippen LogP contribution in [0, 0.1) is 0 Å². The topological polar surface area (TPSA) is 52.6 Å². The summed E-state index contributed by atoms with van der Waals surface area (Å²) in [5.41, 5.74) is 0. The van der Waals surface area contributed by atoms with Crippen LogP contribution in [0.1, 0.15) is 213 Å². The summed E-state index contributed by atoms with van der Waals surface area (Å²) < 4.78 is 12.4. The zero-order chi connectivity index (χ0) is 36.8. The Morgan fingerprint density at radius 1 is 0.480 bits per heavy atom. The smallest absolute Gasteiger partial charge is 0.306 e. The summed E-state index contributed by atoms with van der Waals surface area (Å²) in [4.78, 5) is 25.2. The van der Waals surface area contributed by atoms with Crippen molar-refractivity contribution in [2.24, 2.45) is 0 Å². The zero-order valence-electron chi connectivity index (χ0n) is 34.3. The van der Waals surface area contributed by atoms with E-state index in [1.807, 2.05) is 0 Å². The Kier molecular flexibility index (Phi) is 35.9. The van der Waals surface area contributed by atoms with Crippen molar-refractivity contribution in [3.8, 4) is 0 Å². The predicted molar refractivity (Wildman–Crippen MR) is 216 cm³/mol. The number of allylic oxidation sites excluding steroid dienone is 4. The van der Waals surface area contributed by atoms with Gasteiger partial charge in [-0.05, 0) is 83.5 Å². The van der Waals surface area contributed by atoms with Gasteiger partial charge in [0.05, 0.1) is 27.7 Å². The number of unbranched alkanes of at least 4 members (excludes halogenated alkanes) is 23. The number of carbonyl (C=O) groups is 2. The van der Waals surface area contributed by atoms with E-state index in [2.05, 4.69) is 59.3 Å². The van der Waals surface area contributed by atoms with E-state index in [0.29, 0.717) is 12.8 Å². The fourth-order valence-electron chi connectivity index (χ4n) is 6.32. The number of esters is 2. The number of hydrogen-bond donors (Lipinski definition) is 0. The van der Waals surface area contributed by atoms with Crippen LogP contribution >= 0.6 is 0 Å². The molecule has 0 N–H and O–H groups in total. The Labute approximate surface area is 312 Å². The predicted octanol–water partition coefficient (Wildman–Crippen LogP) is 13.4. The van der Waals surface area contributed by atoms with Crippen LogP contribution in [0.15, 0.2) is 24.3 Å². The lowest BCUT2D eigenvalue weighted by Crippen LogP contribution is -2.35. The van der Waals surface area contributed by atoms with Crippen LogP contribution in [0.25, 0.3) is 0 Å². The minimum Gasteiger partial charge on any atom is -0.462 e. The summed E-state index contributed by atoms with van der Waals surface area (Å²) in [5, 5.41) is 0. The Morgan fingerprint density at radius 2 is 0.860 bits per heavy atom.